The Kier molecular flexibility index (Phi) is 8.17. The minimum absolute atomic E-state index is 0.000223. The molecule has 1 fully saturated rings. The number of piperazine rings is 1. The van der Waals surface area contributed by atoms with Crippen LogP contribution in [0.1, 0.15) is 34.8 Å². The molecule has 0 aromatic heterocycles. The van der Waals surface area contributed by atoms with E-state index in [0.717, 1.165) is 17.5 Å². The first-order valence-electron chi connectivity index (χ1n) is 10.8. The molecule has 170 valence electrons. The summed E-state index contributed by atoms with van der Waals surface area (Å²) in [6, 6.07) is 11.1. The molecule has 0 saturated carbocycles. The van der Waals surface area contributed by atoms with E-state index in [1.807, 2.05) is 38.1 Å². The second-order valence-corrected chi connectivity index (χ2v) is 8.11. The van der Waals surface area contributed by atoms with Crippen molar-refractivity contribution in [3.05, 3.63) is 64.2 Å². The zero-order valence-corrected chi connectivity index (χ0v) is 19.5. The van der Waals surface area contributed by atoms with Gasteiger partial charge in [-0.15, -0.1) is 0 Å². The second-order valence-electron chi connectivity index (χ2n) is 7.70. The van der Waals surface area contributed by atoms with Gasteiger partial charge in [0.25, 0.3) is 5.91 Å². The lowest BCUT2D eigenvalue weighted by atomic mass is 10.1. The summed E-state index contributed by atoms with van der Waals surface area (Å²) in [6.07, 6.45) is 4.10. The maximum Gasteiger partial charge on any atom is 0.253 e. The standard InChI is InChI=1S/C25H29ClN2O4/c1-4-15-32-24-21(26)16-19(17-22(24)31-3)7-10-23(29)27-11-13-28(14-12-27)25(30)20-8-5-18(2)6-9-20/h5-10,16-17H,4,11-15H2,1-3H3/b10-7+. The van der Waals surface area contributed by atoms with Gasteiger partial charge in [0, 0.05) is 37.8 Å². The molecule has 2 aromatic carbocycles. The average Bonchev–Trinajstić information content (AvgIpc) is 2.81. The summed E-state index contributed by atoms with van der Waals surface area (Å²) in [6.45, 7) is 6.56. The smallest absolute Gasteiger partial charge is 0.253 e. The largest absolute Gasteiger partial charge is 0.493 e. The lowest BCUT2D eigenvalue weighted by Gasteiger charge is -2.34. The van der Waals surface area contributed by atoms with Gasteiger partial charge >= 0.3 is 0 Å². The predicted octanol–water partition coefficient (Wildman–Crippen LogP) is 4.44. The Bertz CT molecular complexity index is 980. The number of benzene rings is 2. The van der Waals surface area contributed by atoms with Crippen molar-refractivity contribution < 1.29 is 19.1 Å². The van der Waals surface area contributed by atoms with Crippen LogP contribution in [0.2, 0.25) is 5.02 Å². The highest BCUT2D eigenvalue weighted by atomic mass is 35.5. The van der Waals surface area contributed by atoms with Gasteiger partial charge in [0.2, 0.25) is 5.91 Å². The Labute approximate surface area is 194 Å². The van der Waals surface area contributed by atoms with Crippen molar-refractivity contribution >= 4 is 29.5 Å². The summed E-state index contributed by atoms with van der Waals surface area (Å²) in [7, 11) is 1.56. The minimum atomic E-state index is -0.103. The molecule has 1 saturated heterocycles. The van der Waals surface area contributed by atoms with Gasteiger partial charge in [-0.3, -0.25) is 9.59 Å². The van der Waals surface area contributed by atoms with Crippen LogP contribution in [0.5, 0.6) is 11.5 Å². The summed E-state index contributed by atoms with van der Waals surface area (Å²) in [5, 5.41) is 0.438. The summed E-state index contributed by atoms with van der Waals surface area (Å²) >= 11 is 6.35. The lowest BCUT2D eigenvalue weighted by Crippen LogP contribution is -2.50. The number of carbonyl (C=O) groups excluding carboxylic acids is 2. The van der Waals surface area contributed by atoms with E-state index in [4.69, 9.17) is 21.1 Å². The zero-order valence-electron chi connectivity index (χ0n) is 18.8. The Morgan fingerprint density at radius 3 is 2.34 bits per heavy atom. The molecule has 0 unspecified atom stereocenters. The topological polar surface area (TPSA) is 59.1 Å². The van der Waals surface area contributed by atoms with Gasteiger partial charge in [-0.25, -0.2) is 0 Å². The molecule has 7 heteroatoms. The minimum Gasteiger partial charge on any atom is -0.493 e. The van der Waals surface area contributed by atoms with Gasteiger partial charge in [0.05, 0.1) is 18.7 Å². The molecule has 6 nitrogen and oxygen atoms in total. The lowest BCUT2D eigenvalue weighted by molar-refractivity contribution is -0.127. The van der Waals surface area contributed by atoms with Gasteiger partial charge in [-0.1, -0.05) is 36.2 Å². The Morgan fingerprint density at radius 1 is 1.06 bits per heavy atom. The van der Waals surface area contributed by atoms with Crippen LogP contribution in [0.15, 0.2) is 42.5 Å². The monoisotopic (exact) mass is 456 g/mol. The number of hydrogen-bond donors (Lipinski definition) is 0. The summed E-state index contributed by atoms with van der Waals surface area (Å²) < 4.78 is 11.1. The van der Waals surface area contributed by atoms with Crippen LogP contribution in [-0.2, 0) is 4.79 Å². The maximum atomic E-state index is 12.7. The molecular weight excluding hydrogens is 428 g/mol. The molecule has 0 spiro atoms. The highest BCUT2D eigenvalue weighted by Crippen LogP contribution is 2.36. The van der Waals surface area contributed by atoms with Crippen molar-refractivity contribution in [2.24, 2.45) is 0 Å². The van der Waals surface area contributed by atoms with Crippen molar-refractivity contribution in [1.29, 1.82) is 0 Å². The van der Waals surface area contributed by atoms with Gasteiger partial charge in [0.15, 0.2) is 11.5 Å². The Balaban J connectivity index is 1.59. The predicted molar refractivity (Wildman–Crippen MR) is 126 cm³/mol. The van der Waals surface area contributed by atoms with Crippen LogP contribution in [-0.4, -0.2) is 61.5 Å². The van der Waals surface area contributed by atoms with Crippen molar-refractivity contribution in [2.75, 3.05) is 39.9 Å². The number of amides is 2. The molecule has 32 heavy (non-hydrogen) atoms. The van der Waals surface area contributed by atoms with Gasteiger partial charge in [-0.05, 0) is 49.2 Å². The number of nitrogens with zero attached hydrogens (tertiary/aromatic N) is 2. The molecule has 0 bridgehead atoms. The number of methoxy groups -OCH3 is 1. The summed E-state index contributed by atoms with van der Waals surface area (Å²) in [5.41, 5.74) is 2.54. The Hall–Kier alpha value is -2.99. The van der Waals surface area contributed by atoms with E-state index in [1.165, 1.54) is 6.08 Å². The third-order valence-electron chi connectivity index (χ3n) is 5.30. The number of hydrogen-bond acceptors (Lipinski definition) is 4. The summed E-state index contributed by atoms with van der Waals surface area (Å²) in [5.74, 6) is 0.934. The molecular formula is C25H29ClN2O4. The molecule has 2 amide bonds. The highest BCUT2D eigenvalue weighted by molar-refractivity contribution is 6.32. The van der Waals surface area contributed by atoms with Crippen molar-refractivity contribution in [3.63, 3.8) is 0 Å². The molecule has 3 rings (SSSR count). The van der Waals surface area contributed by atoms with Crippen molar-refractivity contribution in [3.8, 4) is 11.5 Å². The van der Waals surface area contributed by atoms with E-state index in [9.17, 15) is 9.59 Å². The number of carbonyl (C=O) groups is 2. The van der Waals surface area contributed by atoms with E-state index < -0.39 is 0 Å². The second kappa shape index (κ2) is 11.0. The third kappa shape index (κ3) is 5.82. The van der Waals surface area contributed by atoms with Crippen LogP contribution in [0.3, 0.4) is 0 Å². The quantitative estimate of drug-likeness (QED) is 0.578. The first kappa shape index (κ1) is 23.7. The molecule has 2 aromatic rings. The number of ether oxygens (including phenoxy) is 2. The van der Waals surface area contributed by atoms with E-state index in [1.54, 1.807) is 35.1 Å². The van der Waals surface area contributed by atoms with Crippen LogP contribution < -0.4 is 9.47 Å². The van der Waals surface area contributed by atoms with Crippen LogP contribution in [0.25, 0.3) is 6.08 Å². The van der Waals surface area contributed by atoms with Crippen LogP contribution in [0, 0.1) is 6.92 Å². The van der Waals surface area contributed by atoms with Gasteiger partial charge in [0.1, 0.15) is 0 Å². The van der Waals surface area contributed by atoms with Crippen molar-refractivity contribution in [2.45, 2.75) is 20.3 Å². The molecule has 0 aliphatic carbocycles. The van der Waals surface area contributed by atoms with Crippen LogP contribution in [0.4, 0.5) is 0 Å². The summed E-state index contributed by atoms with van der Waals surface area (Å²) in [4.78, 5) is 28.8. The molecule has 0 atom stereocenters. The number of rotatable bonds is 7. The molecule has 0 radical (unpaired) electrons. The maximum absolute atomic E-state index is 12.7. The van der Waals surface area contributed by atoms with E-state index in [2.05, 4.69) is 0 Å². The van der Waals surface area contributed by atoms with Crippen molar-refractivity contribution in [1.82, 2.24) is 9.80 Å². The van der Waals surface area contributed by atoms with Gasteiger partial charge in [-0.2, -0.15) is 0 Å². The molecule has 1 heterocycles. The van der Waals surface area contributed by atoms with E-state index >= 15 is 0 Å². The number of aryl methyl sites for hydroxylation is 1. The van der Waals surface area contributed by atoms with Crippen LogP contribution >= 0.6 is 11.6 Å². The first-order valence-corrected chi connectivity index (χ1v) is 11.1. The fourth-order valence-corrected chi connectivity index (χ4v) is 3.74. The normalized spacial score (nSPS) is 14.0. The molecule has 0 N–H and O–H groups in total. The van der Waals surface area contributed by atoms with Gasteiger partial charge < -0.3 is 19.3 Å². The fourth-order valence-electron chi connectivity index (χ4n) is 3.46. The fraction of sp³-hybridized carbons (Fsp3) is 0.360. The van der Waals surface area contributed by atoms with E-state index in [0.29, 0.717) is 54.9 Å². The Morgan fingerprint density at radius 2 is 1.72 bits per heavy atom. The average molecular weight is 457 g/mol. The molecule has 1 aliphatic heterocycles. The highest BCUT2D eigenvalue weighted by Gasteiger charge is 2.24. The molecule has 1 aliphatic rings. The SMILES string of the molecule is CCCOc1c(Cl)cc(/C=C/C(=O)N2CCN(C(=O)c3ccc(C)cc3)CC2)cc1OC. The van der Waals surface area contributed by atoms with E-state index in [-0.39, 0.29) is 11.8 Å². The third-order valence-corrected chi connectivity index (χ3v) is 5.58. The zero-order chi connectivity index (χ0) is 23.1. The number of halogens is 1. The first-order chi connectivity index (χ1) is 15.4.